The third kappa shape index (κ3) is 3.33. The van der Waals surface area contributed by atoms with Crippen LogP contribution in [0.25, 0.3) is 11.3 Å². The van der Waals surface area contributed by atoms with Crippen molar-refractivity contribution in [3.05, 3.63) is 49.2 Å². The molecule has 2 heterocycles. The second-order valence-electron chi connectivity index (χ2n) is 6.21. The lowest BCUT2D eigenvalue weighted by atomic mass is 10.1. The topological polar surface area (TPSA) is 72.2 Å². The Labute approximate surface area is 165 Å². The van der Waals surface area contributed by atoms with Gasteiger partial charge in [-0.05, 0) is 58.4 Å². The molecule has 0 aliphatic carbocycles. The van der Waals surface area contributed by atoms with Crippen LogP contribution in [0.2, 0.25) is 0 Å². The summed E-state index contributed by atoms with van der Waals surface area (Å²) in [6.07, 6.45) is 0. The first-order chi connectivity index (χ1) is 12.1. The third-order valence-electron chi connectivity index (χ3n) is 4.27. The van der Waals surface area contributed by atoms with Crippen LogP contribution in [-0.2, 0) is 10.0 Å². The van der Waals surface area contributed by atoms with E-state index < -0.39 is 10.0 Å². The number of hydrogen-bond donors (Lipinski definition) is 1. The zero-order chi connectivity index (χ0) is 19.2. The van der Waals surface area contributed by atoms with E-state index in [4.69, 9.17) is 4.52 Å². The normalized spacial score (nSPS) is 11.8. The van der Waals surface area contributed by atoms with Crippen LogP contribution in [-0.4, -0.2) is 13.6 Å². The predicted molar refractivity (Wildman–Crippen MR) is 108 cm³/mol. The van der Waals surface area contributed by atoms with Crippen molar-refractivity contribution in [3.8, 4) is 11.3 Å². The van der Waals surface area contributed by atoms with E-state index in [1.807, 2.05) is 33.8 Å². The Morgan fingerprint density at radius 1 is 1.12 bits per heavy atom. The highest BCUT2D eigenvalue weighted by molar-refractivity contribution is 9.10. The molecule has 1 aromatic carbocycles. The molecule has 2 aromatic heterocycles. The summed E-state index contributed by atoms with van der Waals surface area (Å²) in [6, 6.07) is 5.34. The molecule has 0 saturated carbocycles. The molecule has 138 valence electrons. The summed E-state index contributed by atoms with van der Waals surface area (Å²) in [5, 5.41) is 3.98. The summed E-state index contributed by atoms with van der Waals surface area (Å²) in [7, 11) is -3.78. The third-order valence-corrected chi connectivity index (χ3v) is 7.86. The fourth-order valence-electron chi connectivity index (χ4n) is 2.81. The molecular formula is C18H19BrN2O3S2. The van der Waals surface area contributed by atoms with Crippen molar-refractivity contribution in [1.82, 2.24) is 5.16 Å². The number of thiophene rings is 1. The minimum atomic E-state index is -3.78. The number of hydrogen-bond acceptors (Lipinski definition) is 5. The molecular weight excluding hydrogens is 436 g/mol. The van der Waals surface area contributed by atoms with Gasteiger partial charge in [-0.3, -0.25) is 4.72 Å². The van der Waals surface area contributed by atoms with Gasteiger partial charge in [-0.1, -0.05) is 21.1 Å². The van der Waals surface area contributed by atoms with Crippen molar-refractivity contribution in [2.24, 2.45) is 0 Å². The lowest BCUT2D eigenvalue weighted by Crippen LogP contribution is -2.14. The molecule has 0 unspecified atom stereocenters. The second-order valence-corrected chi connectivity index (χ2v) is 10.1. The van der Waals surface area contributed by atoms with E-state index in [0.29, 0.717) is 21.9 Å². The summed E-state index contributed by atoms with van der Waals surface area (Å²) in [5.41, 5.74) is 3.66. The fourth-order valence-corrected chi connectivity index (χ4v) is 5.96. The summed E-state index contributed by atoms with van der Waals surface area (Å²) < 4.78 is 35.4. The lowest BCUT2D eigenvalue weighted by Gasteiger charge is -2.11. The minimum Gasteiger partial charge on any atom is -0.356 e. The maximum atomic E-state index is 13.2. The largest absolute Gasteiger partial charge is 0.356 e. The molecule has 0 radical (unpaired) electrons. The number of nitrogens with zero attached hydrogens (tertiary/aromatic N) is 1. The number of sulfonamides is 1. The molecule has 0 aliphatic rings. The summed E-state index contributed by atoms with van der Waals surface area (Å²) in [6.45, 7) is 9.34. The molecule has 26 heavy (non-hydrogen) atoms. The zero-order valence-corrected chi connectivity index (χ0v) is 18.3. The number of rotatable bonds is 4. The maximum Gasteiger partial charge on any atom is 0.263 e. The molecule has 1 N–H and O–H groups in total. The highest BCUT2D eigenvalue weighted by atomic mass is 79.9. The van der Waals surface area contributed by atoms with Gasteiger partial charge in [-0.2, -0.15) is 0 Å². The number of anilines is 1. The van der Waals surface area contributed by atoms with Gasteiger partial charge in [0.1, 0.15) is 4.90 Å². The van der Waals surface area contributed by atoms with Crippen LogP contribution in [0.15, 0.2) is 32.1 Å². The van der Waals surface area contributed by atoms with Gasteiger partial charge in [0.05, 0.1) is 11.3 Å². The van der Waals surface area contributed by atoms with E-state index in [-0.39, 0.29) is 4.90 Å². The number of benzene rings is 1. The summed E-state index contributed by atoms with van der Waals surface area (Å²) >= 11 is 4.86. The monoisotopic (exact) mass is 454 g/mol. The minimum absolute atomic E-state index is 0.250. The first kappa shape index (κ1) is 19.1. The van der Waals surface area contributed by atoms with E-state index >= 15 is 0 Å². The predicted octanol–water partition coefficient (Wildman–Crippen LogP) is 5.51. The molecule has 0 spiro atoms. The molecule has 0 amide bonds. The van der Waals surface area contributed by atoms with E-state index in [1.165, 1.54) is 11.3 Å². The molecule has 5 nitrogen and oxygen atoms in total. The average Bonchev–Trinajstić information content (AvgIpc) is 3.02. The van der Waals surface area contributed by atoms with Gasteiger partial charge in [0.15, 0.2) is 5.76 Å². The Morgan fingerprint density at radius 2 is 1.81 bits per heavy atom. The number of aryl methyl sites for hydroxylation is 4. The van der Waals surface area contributed by atoms with Gasteiger partial charge in [-0.25, -0.2) is 8.42 Å². The molecule has 3 rings (SSSR count). The van der Waals surface area contributed by atoms with Gasteiger partial charge in [-0.15, -0.1) is 11.3 Å². The highest BCUT2D eigenvalue weighted by Gasteiger charge is 2.29. The first-order valence-electron chi connectivity index (χ1n) is 7.94. The molecule has 0 saturated heterocycles. The van der Waals surface area contributed by atoms with Crippen molar-refractivity contribution in [1.29, 1.82) is 0 Å². The molecule has 0 aliphatic heterocycles. The van der Waals surface area contributed by atoms with E-state index in [2.05, 4.69) is 25.8 Å². The quantitative estimate of drug-likeness (QED) is 0.563. The smallest absolute Gasteiger partial charge is 0.263 e. The Balaban J connectivity index is 2.13. The molecule has 0 atom stereocenters. The number of aromatic nitrogens is 1. The SMILES string of the molecule is Cc1cc(NS(=O)(=O)c2c(C)sc(C)c2-c2onc(C)c2C)ccc1Br. The second kappa shape index (κ2) is 6.83. The van der Waals surface area contributed by atoms with Crippen LogP contribution in [0.5, 0.6) is 0 Å². The van der Waals surface area contributed by atoms with Crippen LogP contribution in [0.3, 0.4) is 0 Å². The van der Waals surface area contributed by atoms with Crippen LogP contribution in [0, 0.1) is 34.6 Å². The zero-order valence-electron chi connectivity index (χ0n) is 15.1. The standard InChI is InChI=1S/C18H19BrN2O3S2/c1-9-8-14(6-7-15(9)19)21-26(22,23)18-13(5)25-12(4)16(18)17-10(2)11(3)20-24-17/h6-8,21H,1-5H3. The fraction of sp³-hybridized carbons (Fsp3) is 0.278. The van der Waals surface area contributed by atoms with E-state index in [9.17, 15) is 8.42 Å². The lowest BCUT2D eigenvalue weighted by molar-refractivity contribution is 0.426. The Hall–Kier alpha value is -1.64. The average molecular weight is 455 g/mol. The van der Waals surface area contributed by atoms with Gasteiger partial charge in [0.2, 0.25) is 0 Å². The van der Waals surface area contributed by atoms with Gasteiger partial charge in [0, 0.05) is 25.5 Å². The van der Waals surface area contributed by atoms with Crippen molar-refractivity contribution >= 4 is 43.0 Å². The number of halogens is 1. The highest BCUT2D eigenvalue weighted by Crippen LogP contribution is 2.41. The van der Waals surface area contributed by atoms with Crippen molar-refractivity contribution in [3.63, 3.8) is 0 Å². The van der Waals surface area contributed by atoms with Crippen molar-refractivity contribution < 1.29 is 12.9 Å². The first-order valence-corrected chi connectivity index (χ1v) is 11.0. The van der Waals surface area contributed by atoms with Crippen LogP contribution in [0.4, 0.5) is 5.69 Å². The van der Waals surface area contributed by atoms with Gasteiger partial charge < -0.3 is 4.52 Å². The Bertz CT molecular complexity index is 1100. The summed E-state index contributed by atoms with van der Waals surface area (Å²) in [4.78, 5) is 1.85. The molecule has 0 bridgehead atoms. The van der Waals surface area contributed by atoms with Crippen molar-refractivity contribution in [2.75, 3.05) is 4.72 Å². The van der Waals surface area contributed by atoms with E-state index in [1.54, 1.807) is 19.1 Å². The van der Waals surface area contributed by atoms with Gasteiger partial charge in [0.25, 0.3) is 10.0 Å². The van der Waals surface area contributed by atoms with Crippen LogP contribution < -0.4 is 4.72 Å². The number of nitrogens with one attached hydrogen (secondary N) is 1. The molecule has 0 fully saturated rings. The summed E-state index contributed by atoms with van der Waals surface area (Å²) in [5.74, 6) is 0.511. The Morgan fingerprint density at radius 3 is 2.38 bits per heavy atom. The molecule has 8 heteroatoms. The van der Waals surface area contributed by atoms with Crippen LogP contribution >= 0.6 is 27.3 Å². The maximum absolute atomic E-state index is 13.2. The van der Waals surface area contributed by atoms with E-state index in [0.717, 1.165) is 26.2 Å². The van der Waals surface area contributed by atoms with Crippen LogP contribution in [0.1, 0.15) is 26.6 Å². The van der Waals surface area contributed by atoms with Crippen molar-refractivity contribution in [2.45, 2.75) is 39.5 Å². The van der Waals surface area contributed by atoms with Gasteiger partial charge >= 0.3 is 0 Å². The Kier molecular flexibility index (Phi) is 5.02. The molecule has 3 aromatic rings.